The van der Waals surface area contributed by atoms with Gasteiger partial charge in [-0.05, 0) is 87.4 Å². The zero-order chi connectivity index (χ0) is 26.7. The molecule has 1 N–H and O–H groups in total. The fourth-order valence-electron chi connectivity index (χ4n) is 4.07. The van der Waals surface area contributed by atoms with Gasteiger partial charge in [0.2, 0.25) is 5.91 Å². The van der Waals surface area contributed by atoms with Crippen LogP contribution in [0.4, 0.5) is 11.4 Å². The number of hydrogen-bond donors (Lipinski definition) is 1. The van der Waals surface area contributed by atoms with Gasteiger partial charge in [-0.15, -0.1) is 0 Å². The molecule has 2 amide bonds. The summed E-state index contributed by atoms with van der Waals surface area (Å²) in [4.78, 5) is 32.3. The number of benzene rings is 3. The van der Waals surface area contributed by atoms with Gasteiger partial charge in [0, 0.05) is 12.1 Å². The first-order valence-corrected chi connectivity index (χ1v) is 13.8. The summed E-state index contributed by atoms with van der Waals surface area (Å²) in [5, 5.41) is 3.36. The number of amidine groups is 1. The maximum absolute atomic E-state index is 13.5. The molecule has 1 aliphatic rings. The Kier molecular flexibility index (Phi) is 9.81. The van der Waals surface area contributed by atoms with Gasteiger partial charge in [0.15, 0.2) is 5.17 Å². The fourth-order valence-corrected chi connectivity index (χ4v) is 5.27. The average Bonchev–Trinajstić information content (AvgIpc) is 3.25. The molecular formula is C30H33N3O4S. The van der Waals surface area contributed by atoms with Crippen LogP contribution in [0.15, 0.2) is 83.9 Å². The first-order valence-electron chi connectivity index (χ1n) is 13.0. The summed E-state index contributed by atoms with van der Waals surface area (Å²) < 4.78 is 11.1. The minimum atomic E-state index is -0.243. The molecule has 1 atom stereocenters. The summed E-state index contributed by atoms with van der Waals surface area (Å²) in [5.41, 5.74) is 2.16. The Hall–Kier alpha value is -3.78. The number of carbonyl (C=O) groups excluding carboxylic acids is 2. The van der Waals surface area contributed by atoms with Crippen molar-refractivity contribution in [3.63, 3.8) is 0 Å². The molecule has 0 spiro atoms. The van der Waals surface area contributed by atoms with Gasteiger partial charge in [-0.3, -0.25) is 14.5 Å². The summed E-state index contributed by atoms with van der Waals surface area (Å²) in [6, 6.07) is 24.2. The molecule has 4 rings (SSSR count). The number of anilines is 1. The van der Waals surface area contributed by atoms with Gasteiger partial charge in [-0.1, -0.05) is 36.4 Å². The first-order chi connectivity index (χ1) is 18.6. The molecule has 1 fully saturated rings. The lowest BCUT2D eigenvalue weighted by Gasteiger charge is -2.17. The molecule has 0 bridgehead atoms. The standard InChI is InChI=1S/C30H33N3O4S/c1-3-36-25-17-13-23(14-18-25)32-30-33(24-15-19-26(20-16-24)37-4-2)29(35)27(38-30)12-8-9-21-31-28(34)22-10-6-5-7-11-22/h5-7,10-11,13-20,27H,3-4,8-9,12,21H2,1-2H3,(H,31,34)/t27-/m0/s1. The molecule has 1 heterocycles. The number of rotatable bonds is 12. The van der Waals surface area contributed by atoms with Crippen LogP contribution in [-0.4, -0.2) is 42.0 Å². The van der Waals surface area contributed by atoms with E-state index in [0.717, 1.165) is 35.7 Å². The number of unbranched alkanes of at least 4 members (excludes halogenated alkanes) is 1. The summed E-state index contributed by atoms with van der Waals surface area (Å²) in [6.45, 7) is 5.63. The molecule has 198 valence electrons. The van der Waals surface area contributed by atoms with Crippen molar-refractivity contribution >= 4 is 40.1 Å². The maximum atomic E-state index is 13.5. The van der Waals surface area contributed by atoms with E-state index >= 15 is 0 Å². The number of amides is 2. The topological polar surface area (TPSA) is 80.2 Å². The summed E-state index contributed by atoms with van der Waals surface area (Å²) in [6.07, 6.45) is 2.30. The lowest BCUT2D eigenvalue weighted by molar-refractivity contribution is -0.117. The third-order valence-corrected chi connectivity index (χ3v) is 7.13. The van der Waals surface area contributed by atoms with E-state index in [0.29, 0.717) is 36.9 Å². The summed E-state index contributed by atoms with van der Waals surface area (Å²) >= 11 is 1.48. The van der Waals surface area contributed by atoms with Crippen LogP contribution in [-0.2, 0) is 4.79 Å². The van der Waals surface area contributed by atoms with Crippen molar-refractivity contribution in [2.45, 2.75) is 38.4 Å². The second-order valence-electron chi connectivity index (χ2n) is 8.65. The molecule has 1 aliphatic heterocycles. The van der Waals surface area contributed by atoms with Crippen LogP contribution in [0.25, 0.3) is 0 Å². The van der Waals surface area contributed by atoms with E-state index in [1.165, 1.54) is 11.8 Å². The van der Waals surface area contributed by atoms with Gasteiger partial charge in [0.1, 0.15) is 11.5 Å². The zero-order valence-corrected chi connectivity index (χ0v) is 22.6. The number of ether oxygens (including phenoxy) is 2. The molecular weight excluding hydrogens is 498 g/mol. The lowest BCUT2D eigenvalue weighted by atomic mass is 10.1. The molecule has 38 heavy (non-hydrogen) atoms. The third kappa shape index (κ3) is 7.16. The fraction of sp³-hybridized carbons (Fsp3) is 0.300. The first kappa shape index (κ1) is 27.3. The van der Waals surface area contributed by atoms with Crippen LogP contribution in [0, 0.1) is 0 Å². The minimum absolute atomic E-state index is 0.0113. The zero-order valence-electron chi connectivity index (χ0n) is 21.8. The van der Waals surface area contributed by atoms with Crippen molar-refractivity contribution in [3.05, 3.63) is 84.4 Å². The highest BCUT2D eigenvalue weighted by Crippen LogP contribution is 2.36. The van der Waals surface area contributed by atoms with Gasteiger partial charge in [0.05, 0.1) is 29.8 Å². The van der Waals surface area contributed by atoms with E-state index in [4.69, 9.17) is 14.5 Å². The Morgan fingerprint density at radius 2 is 1.53 bits per heavy atom. The highest BCUT2D eigenvalue weighted by molar-refractivity contribution is 8.16. The third-order valence-electron chi connectivity index (χ3n) is 5.93. The Morgan fingerprint density at radius 3 is 2.16 bits per heavy atom. The number of aliphatic imine (C=N–C) groups is 1. The average molecular weight is 532 g/mol. The molecule has 0 unspecified atom stereocenters. The van der Waals surface area contributed by atoms with E-state index in [2.05, 4.69) is 5.32 Å². The molecule has 0 aliphatic carbocycles. The second kappa shape index (κ2) is 13.7. The van der Waals surface area contributed by atoms with E-state index < -0.39 is 0 Å². The number of hydrogen-bond acceptors (Lipinski definition) is 6. The lowest BCUT2D eigenvalue weighted by Crippen LogP contribution is -2.32. The van der Waals surface area contributed by atoms with Gasteiger partial charge in [0.25, 0.3) is 5.91 Å². The van der Waals surface area contributed by atoms with Crippen molar-refractivity contribution in [2.75, 3.05) is 24.7 Å². The highest BCUT2D eigenvalue weighted by Gasteiger charge is 2.38. The van der Waals surface area contributed by atoms with Gasteiger partial charge < -0.3 is 14.8 Å². The van der Waals surface area contributed by atoms with Crippen molar-refractivity contribution < 1.29 is 19.1 Å². The summed E-state index contributed by atoms with van der Waals surface area (Å²) in [5.74, 6) is 1.47. The maximum Gasteiger partial charge on any atom is 0.251 e. The second-order valence-corrected chi connectivity index (χ2v) is 9.82. The Balaban J connectivity index is 1.42. The smallest absolute Gasteiger partial charge is 0.251 e. The van der Waals surface area contributed by atoms with Gasteiger partial charge >= 0.3 is 0 Å². The van der Waals surface area contributed by atoms with Crippen LogP contribution in [0.5, 0.6) is 11.5 Å². The van der Waals surface area contributed by atoms with Crippen molar-refractivity contribution in [3.8, 4) is 11.5 Å². The van der Waals surface area contributed by atoms with E-state index in [1.807, 2.05) is 80.6 Å². The van der Waals surface area contributed by atoms with Crippen LogP contribution >= 0.6 is 11.8 Å². The SMILES string of the molecule is CCOc1ccc(N=C2S[C@@H](CCCCNC(=O)c3ccccc3)C(=O)N2c2ccc(OCC)cc2)cc1. The van der Waals surface area contributed by atoms with Crippen molar-refractivity contribution in [1.29, 1.82) is 0 Å². The number of thioether (sulfide) groups is 1. The molecule has 7 nitrogen and oxygen atoms in total. The number of nitrogens with one attached hydrogen (secondary N) is 1. The number of carbonyl (C=O) groups is 2. The molecule has 3 aromatic rings. The molecule has 0 aromatic heterocycles. The molecule has 8 heteroatoms. The predicted octanol–water partition coefficient (Wildman–Crippen LogP) is 6.22. The van der Waals surface area contributed by atoms with Crippen LogP contribution in [0.3, 0.4) is 0 Å². The van der Waals surface area contributed by atoms with Crippen LogP contribution in [0.1, 0.15) is 43.5 Å². The van der Waals surface area contributed by atoms with Crippen molar-refractivity contribution in [2.24, 2.45) is 4.99 Å². The monoisotopic (exact) mass is 531 g/mol. The van der Waals surface area contributed by atoms with Gasteiger partial charge in [-0.2, -0.15) is 0 Å². The normalized spacial score (nSPS) is 16.1. The highest BCUT2D eigenvalue weighted by atomic mass is 32.2. The Bertz CT molecular complexity index is 1230. The predicted molar refractivity (Wildman–Crippen MR) is 154 cm³/mol. The Morgan fingerprint density at radius 1 is 0.895 bits per heavy atom. The van der Waals surface area contributed by atoms with E-state index in [-0.39, 0.29) is 17.1 Å². The Labute approximate surface area is 228 Å². The van der Waals surface area contributed by atoms with Crippen LogP contribution in [0.2, 0.25) is 0 Å². The molecule has 1 saturated heterocycles. The van der Waals surface area contributed by atoms with E-state index in [9.17, 15) is 9.59 Å². The van der Waals surface area contributed by atoms with Crippen molar-refractivity contribution in [1.82, 2.24) is 5.32 Å². The van der Waals surface area contributed by atoms with Gasteiger partial charge in [-0.25, -0.2) is 4.99 Å². The molecule has 0 saturated carbocycles. The molecule has 0 radical (unpaired) electrons. The minimum Gasteiger partial charge on any atom is -0.494 e. The largest absolute Gasteiger partial charge is 0.494 e. The van der Waals surface area contributed by atoms with Crippen LogP contribution < -0.4 is 19.7 Å². The molecule has 3 aromatic carbocycles. The van der Waals surface area contributed by atoms with E-state index in [1.54, 1.807) is 17.0 Å². The summed E-state index contributed by atoms with van der Waals surface area (Å²) in [7, 11) is 0. The quantitative estimate of drug-likeness (QED) is 0.281. The number of nitrogens with zero attached hydrogens (tertiary/aromatic N) is 2.